The number of carbonyl (C=O) groups excluding carboxylic acids is 1. The van der Waals surface area contributed by atoms with Crippen molar-refractivity contribution in [1.82, 2.24) is 9.88 Å². The number of halogens is 1. The second kappa shape index (κ2) is 6.41. The minimum absolute atomic E-state index is 0.184. The molecule has 2 N–H and O–H groups in total. The third-order valence-corrected chi connectivity index (χ3v) is 3.80. The number of amides is 1. The van der Waals surface area contributed by atoms with Crippen molar-refractivity contribution >= 4 is 23.3 Å². The molecule has 0 radical (unpaired) electrons. The number of hydrogen-bond acceptors (Lipinski definition) is 4. The Hall–Kier alpha value is -1.33. The first kappa shape index (κ1) is 15.1. The number of rotatable bonds is 5. The van der Waals surface area contributed by atoms with Crippen molar-refractivity contribution in [3.8, 4) is 0 Å². The lowest BCUT2D eigenvalue weighted by atomic mass is 9.82. The maximum absolute atomic E-state index is 12.4. The lowest BCUT2D eigenvalue weighted by molar-refractivity contribution is 0.0264. The van der Waals surface area contributed by atoms with Crippen LogP contribution in [0.25, 0.3) is 0 Å². The van der Waals surface area contributed by atoms with Crippen molar-refractivity contribution in [2.75, 3.05) is 25.5 Å². The fraction of sp³-hybridized carbons (Fsp3) is 0.571. The van der Waals surface area contributed by atoms with Crippen LogP contribution in [0.3, 0.4) is 0 Å². The Balaban J connectivity index is 2.05. The first-order valence-corrected chi connectivity index (χ1v) is 7.23. The minimum Gasteiger partial charge on any atom is -0.393 e. The number of aromatic nitrogens is 1. The molecular formula is C14H20ClN3O2. The highest BCUT2D eigenvalue weighted by atomic mass is 35.5. The van der Waals surface area contributed by atoms with Gasteiger partial charge in [-0.1, -0.05) is 11.6 Å². The molecule has 1 amide bonds. The summed E-state index contributed by atoms with van der Waals surface area (Å²) in [5, 5.41) is 12.7. The molecule has 1 aliphatic carbocycles. The maximum atomic E-state index is 12.4. The molecule has 1 aromatic heterocycles. The Morgan fingerprint density at radius 3 is 2.85 bits per heavy atom. The number of aliphatic hydroxyl groups excluding tert-OH is 1. The van der Waals surface area contributed by atoms with E-state index in [2.05, 4.69) is 10.3 Å². The molecule has 1 heterocycles. The molecule has 110 valence electrons. The average molecular weight is 298 g/mol. The Morgan fingerprint density at radius 1 is 1.55 bits per heavy atom. The van der Waals surface area contributed by atoms with Gasteiger partial charge in [-0.05, 0) is 37.8 Å². The molecule has 0 aliphatic heterocycles. The third kappa shape index (κ3) is 3.41. The second-order valence-electron chi connectivity index (χ2n) is 5.23. The highest BCUT2D eigenvalue weighted by Crippen LogP contribution is 2.28. The predicted molar refractivity (Wildman–Crippen MR) is 79.1 cm³/mol. The molecular weight excluding hydrogens is 278 g/mol. The zero-order valence-corrected chi connectivity index (χ0v) is 12.5. The normalized spacial score (nSPS) is 21.2. The van der Waals surface area contributed by atoms with E-state index < -0.39 is 0 Å². The van der Waals surface area contributed by atoms with Crippen LogP contribution in [0.1, 0.15) is 30.3 Å². The van der Waals surface area contributed by atoms with E-state index in [1.54, 1.807) is 24.1 Å². The number of carbonyl (C=O) groups is 1. The summed E-state index contributed by atoms with van der Waals surface area (Å²) < 4.78 is 0. The molecule has 1 saturated carbocycles. The van der Waals surface area contributed by atoms with Gasteiger partial charge in [-0.25, -0.2) is 4.98 Å². The molecule has 1 aromatic rings. The molecule has 0 bridgehead atoms. The van der Waals surface area contributed by atoms with Gasteiger partial charge in [-0.3, -0.25) is 4.79 Å². The van der Waals surface area contributed by atoms with E-state index in [4.69, 9.17) is 11.6 Å². The molecule has 1 fully saturated rings. The average Bonchev–Trinajstić information content (AvgIpc) is 2.38. The quantitative estimate of drug-likeness (QED) is 0.872. The van der Waals surface area contributed by atoms with E-state index in [0.29, 0.717) is 23.3 Å². The van der Waals surface area contributed by atoms with Gasteiger partial charge in [0.05, 0.1) is 11.1 Å². The number of nitrogens with zero attached hydrogens (tertiary/aromatic N) is 2. The van der Waals surface area contributed by atoms with Gasteiger partial charge in [0, 0.05) is 20.1 Å². The monoisotopic (exact) mass is 297 g/mol. The van der Waals surface area contributed by atoms with E-state index >= 15 is 0 Å². The summed E-state index contributed by atoms with van der Waals surface area (Å²) in [5.74, 6) is 0.832. The van der Waals surface area contributed by atoms with Crippen LogP contribution in [-0.4, -0.2) is 47.1 Å². The van der Waals surface area contributed by atoms with E-state index in [1.165, 1.54) is 0 Å². The molecule has 20 heavy (non-hydrogen) atoms. The van der Waals surface area contributed by atoms with E-state index in [-0.39, 0.29) is 17.7 Å². The molecule has 0 atom stereocenters. The lowest BCUT2D eigenvalue weighted by Gasteiger charge is -2.34. The van der Waals surface area contributed by atoms with Gasteiger partial charge in [0.2, 0.25) is 0 Å². The Morgan fingerprint density at radius 2 is 2.25 bits per heavy atom. The summed E-state index contributed by atoms with van der Waals surface area (Å²) in [6.07, 6.45) is 1.31. The molecule has 0 saturated heterocycles. The topological polar surface area (TPSA) is 65.5 Å². The van der Waals surface area contributed by atoms with Crippen molar-refractivity contribution < 1.29 is 9.90 Å². The largest absolute Gasteiger partial charge is 0.393 e. The van der Waals surface area contributed by atoms with Gasteiger partial charge in [0.1, 0.15) is 11.5 Å². The van der Waals surface area contributed by atoms with Gasteiger partial charge in [-0.15, -0.1) is 0 Å². The van der Waals surface area contributed by atoms with Gasteiger partial charge < -0.3 is 15.3 Å². The summed E-state index contributed by atoms with van der Waals surface area (Å²) in [6, 6.07) is 3.44. The molecule has 2 rings (SSSR count). The summed E-state index contributed by atoms with van der Waals surface area (Å²) >= 11 is 6.07. The van der Waals surface area contributed by atoms with Crippen molar-refractivity contribution in [2.24, 2.45) is 5.92 Å². The van der Waals surface area contributed by atoms with Gasteiger partial charge in [-0.2, -0.15) is 0 Å². The minimum atomic E-state index is -0.206. The van der Waals surface area contributed by atoms with E-state index in [0.717, 1.165) is 19.4 Å². The number of pyridine rings is 1. The zero-order valence-electron chi connectivity index (χ0n) is 11.8. The molecule has 6 heteroatoms. The van der Waals surface area contributed by atoms with Crippen molar-refractivity contribution in [3.63, 3.8) is 0 Å². The Bertz CT molecular complexity index is 489. The predicted octanol–water partition coefficient (Wildman–Crippen LogP) is 2.01. The zero-order chi connectivity index (χ0) is 14.7. The second-order valence-corrected chi connectivity index (χ2v) is 5.64. The summed E-state index contributed by atoms with van der Waals surface area (Å²) in [7, 11) is 1.74. The highest BCUT2D eigenvalue weighted by Gasteiger charge is 2.30. The summed E-state index contributed by atoms with van der Waals surface area (Å²) in [6.45, 7) is 3.32. The molecule has 0 unspecified atom stereocenters. The first-order valence-electron chi connectivity index (χ1n) is 6.85. The fourth-order valence-corrected chi connectivity index (χ4v) is 2.56. The SMILES string of the molecule is CCNc1ccc(Cl)c(C(=O)N(C)CC2CC(O)C2)n1. The lowest BCUT2D eigenvalue weighted by Crippen LogP contribution is -2.39. The molecule has 5 nitrogen and oxygen atoms in total. The maximum Gasteiger partial charge on any atom is 0.273 e. The van der Waals surface area contributed by atoms with Crippen molar-refractivity contribution in [2.45, 2.75) is 25.9 Å². The number of nitrogens with one attached hydrogen (secondary N) is 1. The van der Waals surface area contributed by atoms with Crippen LogP contribution in [0.2, 0.25) is 5.02 Å². The van der Waals surface area contributed by atoms with Crippen LogP contribution >= 0.6 is 11.6 Å². The fourth-order valence-electron chi connectivity index (χ4n) is 2.37. The van der Waals surface area contributed by atoms with Crippen LogP contribution in [0.4, 0.5) is 5.82 Å². The highest BCUT2D eigenvalue weighted by molar-refractivity contribution is 6.33. The van der Waals surface area contributed by atoms with Crippen LogP contribution in [0.5, 0.6) is 0 Å². The van der Waals surface area contributed by atoms with Gasteiger partial charge >= 0.3 is 0 Å². The van der Waals surface area contributed by atoms with Crippen LogP contribution in [-0.2, 0) is 0 Å². The Kier molecular flexibility index (Phi) is 4.83. The number of anilines is 1. The Labute approximate surface area is 123 Å². The molecule has 0 spiro atoms. The smallest absolute Gasteiger partial charge is 0.273 e. The standard InChI is InChI=1S/C14H20ClN3O2/c1-3-16-12-5-4-11(15)13(17-12)14(20)18(2)8-9-6-10(19)7-9/h4-5,9-10,19H,3,6-8H2,1-2H3,(H,16,17). The van der Waals surface area contributed by atoms with Crippen LogP contribution in [0, 0.1) is 5.92 Å². The van der Waals surface area contributed by atoms with Crippen LogP contribution < -0.4 is 5.32 Å². The first-order chi connectivity index (χ1) is 9.51. The molecule has 0 aromatic carbocycles. The van der Waals surface area contributed by atoms with E-state index in [9.17, 15) is 9.90 Å². The molecule has 1 aliphatic rings. The van der Waals surface area contributed by atoms with Crippen molar-refractivity contribution in [3.05, 3.63) is 22.8 Å². The number of aliphatic hydroxyl groups is 1. The van der Waals surface area contributed by atoms with Gasteiger partial charge in [0.15, 0.2) is 0 Å². The van der Waals surface area contributed by atoms with Gasteiger partial charge in [0.25, 0.3) is 5.91 Å². The van der Waals surface area contributed by atoms with E-state index in [1.807, 2.05) is 6.92 Å². The summed E-state index contributed by atoms with van der Waals surface area (Å²) in [5.41, 5.74) is 0.271. The van der Waals surface area contributed by atoms with Crippen molar-refractivity contribution in [1.29, 1.82) is 0 Å². The van der Waals surface area contributed by atoms with Crippen LogP contribution in [0.15, 0.2) is 12.1 Å². The third-order valence-electron chi connectivity index (χ3n) is 3.50. The summed E-state index contributed by atoms with van der Waals surface area (Å²) in [4.78, 5) is 18.3. The number of hydrogen-bond donors (Lipinski definition) is 2.